The van der Waals surface area contributed by atoms with Gasteiger partial charge in [-0.1, -0.05) is 96.8 Å². The van der Waals surface area contributed by atoms with Crippen molar-refractivity contribution in [3.63, 3.8) is 0 Å². The van der Waals surface area contributed by atoms with Crippen molar-refractivity contribution in [2.24, 2.45) is 0 Å². The van der Waals surface area contributed by atoms with E-state index in [1.165, 1.54) is 27.5 Å². The van der Waals surface area contributed by atoms with Crippen LogP contribution in [0.4, 0.5) is 0 Å². The van der Waals surface area contributed by atoms with E-state index in [9.17, 15) is 0 Å². The molecule has 0 radical (unpaired) electrons. The average Bonchev–Trinajstić information content (AvgIpc) is 2.69. The second-order valence-electron chi connectivity index (χ2n) is 6.52. The van der Waals surface area contributed by atoms with E-state index in [-0.39, 0.29) is 0 Å². The van der Waals surface area contributed by atoms with Gasteiger partial charge in [-0.3, -0.25) is 0 Å². The molecule has 0 bridgehead atoms. The maximum Gasteiger partial charge on any atom is 0.0344 e. The summed E-state index contributed by atoms with van der Waals surface area (Å²) in [6.07, 6.45) is 1.74. The Hall–Kier alpha value is -3.30. The van der Waals surface area contributed by atoms with Gasteiger partial charge < -0.3 is 0 Å². The van der Waals surface area contributed by atoms with Crippen LogP contribution in [0.1, 0.15) is 22.3 Å². The number of hydrogen-bond acceptors (Lipinski definition) is 0. The lowest BCUT2D eigenvalue weighted by molar-refractivity contribution is 1.20. The Balaban J connectivity index is 1.56. The quantitative estimate of drug-likeness (QED) is 0.402. The van der Waals surface area contributed by atoms with E-state index in [1.807, 2.05) is 6.07 Å². The molecule has 0 aliphatic carbocycles. The zero-order valence-corrected chi connectivity index (χ0v) is 14.7. The Kier molecular flexibility index (Phi) is 4.81. The summed E-state index contributed by atoms with van der Waals surface area (Å²) in [4.78, 5) is 0. The lowest BCUT2D eigenvalue weighted by atomic mass is 10.00. The van der Waals surface area contributed by atoms with Crippen molar-refractivity contribution in [2.75, 3.05) is 0 Å². The Bertz CT molecular complexity index is 1060. The van der Waals surface area contributed by atoms with Gasteiger partial charge in [-0.25, -0.2) is 0 Å². The van der Waals surface area contributed by atoms with Gasteiger partial charge in [0.1, 0.15) is 0 Å². The van der Waals surface area contributed by atoms with Gasteiger partial charge in [0.25, 0.3) is 0 Å². The van der Waals surface area contributed by atoms with Gasteiger partial charge in [0.2, 0.25) is 0 Å². The van der Waals surface area contributed by atoms with E-state index in [2.05, 4.69) is 103 Å². The fourth-order valence-corrected chi connectivity index (χ4v) is 3.16. The predicted octanol–water partition coefficient (Wildman–Crippen LogP) is 6.02. The molecule has 0 aromatic heterocycles. The zero-order valence-electron chi connectivity index (χ0n) is 14.7. The minimum atomic E-state index is 0.785. The first-order chi connectivity index (χ1) is 12.9. The molecule has 0 heteroatoms. The molecule has 26 heavy (non-hydrogen) atoms. The SMILES string of the molecule is C(#Cc1ccc2ccc(Cc3ccccc3)cc2c1)Cc1ccccc1. The van der Waals surface area contributed by atoms with Gasteiger partial charge in [-0.15, -0.1) is 0 Å². The van der Waals surface area contributed by atoms with Crippen LogP contribution in [0.2, 0.25) is 0 Å². The maximum atomic E-state index is 3.30. The van der Waals surface area contributed by atoms with Crippen LogP contribution in [0, 0.1) is 11.8 Å². The molecule has 0 aliphatic rings. The Morgan fingerprint density at radius 3 is 2.00 bits per heavy atom. The molecule has 0 saturated heterocycles. The van der Waals surface area contributed by atoms with Crippen LogP contribution in [0.5, 0.6) is 0 Å². The van der Waals surface area contributed by atoms with Crippen LogP contribution in [-0.4, -0.2) is 0 Å². The van der Waals surface area contributed by atoms with E-state index in [0.717, 1.165) is 18.4 Å². The van der Waals surface area contributed by atoms with Crippen molar-refractivity contribution in [1.82, 2.24) is 0 Å². The average molecular weight is 332 g/mol. The molecule has 4 aromatic carbocycles. The summed E-state index contributed by atoms with van der Waals surface area (Å²) in [7, 11) is 0. The number of rotatable bonds is 3. The van der Waals surface area contributed by atoms with Crippen molar-refractivity contribution >= 4 is 10.8 Å². The fraction of sp³-hybridized carbons (Fsp3) is 0.0769. The molecule has 0 aliphatic heterocycles. The summed E-state index contributed by atoms with van der Waals surface area (Å²) < 4.78 is 0. The summed E-state index contributed by atoms with van der Waals surface area (Å²) in [6.45, 7) is 0. The molecular formula is C26H20. The summed E-state index contributed by atoms with van der Waals surface area (Å²) >= 11 is 0. The molecule has 0 amide bonds. The van der Waals surface area contributed by atoms with E-state index >= 15 is 0 Å². The first-order valence-corrected chi connectivity index (χ1v) is 8.96. The first kappa shape index (κ1) is 16.2. The highest BCUT2D eigenvalue weighted by molar-refractivity contribution is 5.84. The summed E-state index contributed by atoms with van der Waals surface area (Å²) in [5.74, 6) is 6.59. The van der Waals surface area contributed by atoms with Crippen molar-refractivity contribution in [1.29, 1.82) is 0 Å². The van der Waals surface area contributed by atoms with Crippen LogP contribution in [0.3, 0.4) is 0 Å². The van der Waals surface area contributed by atoms with Crippen molar-refractivity contribution in [2.45, 2.75) is 12.8 Å². The van der Waals surface area contributed by atoms with E-state index in [4.69, 9.17) is 0 Å². The minimum Gasteiger partial charge on any atom is -0.0931 e. The third-order valence-corrected chi connectivity index (χ3v) is 4.52. The lowest BCUT2D eigenvalue weighted by Crippen LogP contribution is -1.88. The third kappa shape index (κ3) is 4.02. The standard InChI is InChI=1S/C26H20/c1-3-8-21(9-4-1)12-7-13-23-14-16-25-17-15-24(20-26(25)19-23)18-22-10-5-2-6-11-22/h1-6,8-11,14-17,19-20H,12,18H2. The Morgan fingerprint density at radius 2 is 1.23 bits per heavy atom. The zero-order chi connectivity index (χ0) is 17.6. The number of hydrogen-bond donors (Lipinski definition) is 0. The highest BCUT2D eigenvalue weighted by Gasteiger charge is 2.00. The van der Waals surface area contributed by atoms with Gasteiger partial charge >= 0.3 is 0 Å². The maximum absolute atomic E-state index is 3.30. The largest absolute Gasteiger partial charge is 0.0931 e. The summed E-state index contributed by atoms with van der Waals surface area (Å²) in [6, 6.07) is 34.2. The van der Waals surface area contributed by atoms with Crippen LogP contribution >= 0.6 is 0 Å². The van der Waals surface area contributed by atoms with Gasteiger partial charge in [0.15, 0.2) is 0 Å². The molecule has 0 heterocycles. The number of benzene rings is 4. The third-order valence-electron chi connectivity index (χ3n) is 4.52. The second kappa shape index (κ2) is 7.72. The van der Waals surface area contributed by atoms with Crippen molar-refractivity contribution in [3.8, 4) is 11.8 Å². The number of fused-ring (bicyclic) bond motifs is 1. The first-order valence-electron chi connectivity index (χ1n) is 8.96. The summed E-state index contributed by atoms with van der Waals surface area (Å²) in [5.41, 5.74) is 5.00. The molecule has 0 nitrogen and oxygen atoms in total. The van der Waals surface area contributed by atoms with E-state index in [0.29, 0.717) is 0 Å². The van der Waals surface area contributed by atoms with E-state index < -0.39 is 0 Å². The van der Waals surface area contributed by atoms with Crippen LogP contribution in [-0.2, 0) is 12.8 Å². The van der Waals surface area contributed by atoms with Gasteiger partial charge in [0, 0.05) is 12.0 Å². The Labute approximate surface area is 155 Å². The van der Waals surface area contributed by atoms with Gasteiger partial charge in [-0.05, 0) is 46.0 Å². The fourth-order valence-electron chi connectivity index (χ4n) is 3.16. The molecule has 4 rings (SSSR count). The van der Waals surface area contributed by atoms with Gasteiger partial charge in [0.05, 0.1) is 0 Å². The molecular weight excluding hydrogens is 312 g/mol. The molecule has 0 spiro atoms. The molecule has 4 aromatic rings. The van der Waals surface area contributed by atoms with Crippen LogP contribution < -0.4 is 0 Å². The topological polar surface area (TPSA) is 0 Å². The summed E-state index contributed by atoms with van der Waals surface area (Å²) in [5, 5.41) is 2.51. The van der Waals surface area contributed by atoms with Crippen molar-refractivity contribution in [3.05, 3.63) is 119 Å². The molecule has 0 N–H and O–H groups in total. The van der Waals surface area contributed by atoms with Crippen LogP contribution in [0.15, 0.2) is 97.1 Å². The molecule has 0 unspecified atom stereocenters. The smallest absolute Gasteiger partial charge is 0.0344 e. The molecule has 0 fully saturated rings. The predicted molar refractivity (Wildman–Crippen MR) is 110 cm³/mol. The molecule has 0 saturated carbocycles. The van der Waals surface area contributed by atoms with Gasteiger partial charge in [-0.2, -0.15) is 0 Å². The lowest BCUT2D eigenvalue weighted by Gasteiger charge is -2.05. The highest BCUT2D eigenvalue weighted by Crippen LogP contribution is 2.19. The Morgan fingerprint density at radius 1 is 0.538 bits per heavy atom. The van der Waals surface area contributed by atoms with E-state index in [1.54, 1.807) is 0 Å². The second-order valence-corrected chi connectivity index (χ2v) is 6.52. The van der Waals surface area contributed by atoms with Crippen molar-refractivity contribution < 1.29 is 0 Å². The normalized spacial score (nSPS) is 10.3. The minimum absolute atomic E-state index is 0.785. The van der Waals surface area contributed by atoms with Crippen LogP contribution in [0.25, 0.3) is 10.8 Å². The highest BCUT2D eigenvalue weighted by atomic mass is 14.0. The molecule has 124 valence electrons. The monoisotopic (exact) mass is 332 g/mol. The molecule has 0 atom stereocenters.